The van der Waals surface area contributed by atoms with Gasteiger partial charge >= 0.3 is 0 Å². The maximum Gasteiger partial charge on any atom is 0.0590 e. The van der Waals surface area contributed by atoms with Gasteiger partial charge < -0.3 is 5.32 Å². The molecular formula is C18H21BrClN. The summed E-state index contributed by atoms with van der Waals surface area (Å²) in [6.07, 6.45) is 0. The lowest BCUT2D eigenvalue weighted by molar-refractivity contribution is 0.625. The van der Waals surface area contributed by atoms with Crippen molar-refractivity contribution in [2.24, 2.45) is 0 Å². The summed E-state index contributed by atoms with van der Waals surface area (Å²) in [6, 6.07) is 10.8. The zero-order chi connectivity index (χ0) is 15.6. The van der Waals surface area contributed by atoms with E-state index in [2.05, 4.69) is 79.3 Å². The molecule has 0 aromatic heterocycles. The zero-order valence-corrected chi connectivity index (χ0v) is 15.3. The first-order valence-electron chi connectivity index (χ1n) is 7.20. The molecule has 0 bridgehead atoms. The van der Waals surface area contributed by atoms with E-state index in [4.69, 9.17) is 11.6 Å². The van der Waals surface area contributed by atoms with Crippen LogP contribution in [0.3, 0.4) is 0 Å². The Labute approximate surface area is 140 Å². The summed E-state index contributed by atoms with van der Waals surface area (Å²) in [6.45, 7) is 9.34. The average molecular weight is 367 g/mol. The summed E-state index contributed by atoms with van der Waals surface area (Å²) in [5.41, 5.74) is 6.12. The van der Waals surface area contributed by atoms with E-state index in [0.29, 0.717) is 0 Å². The smallest absolute Gasteiger partial charge is 0.0590 e. The Bertz CT molecular complexity index is 652. The number of hydrogen-bond donors (Lipinski definition) is 1. The highest BCUT2D eigenvalue weighted by atomic mass is 79.9. The lowest BCUT2D eigenvalue weighted by Crippen LogP contribution is -2.23. The minimum Gasteiger partial charge on any atom is -0.306 e. The first kappa shape index (κ1) is 16.5. The van der Waals surface area contributed by atoms with Gasteiger partial charge in [0.2, 0.25) is 0 Å². The number of halogens is 2. The Morgan fingerprint density at radius 1 is 1.05 bits per heavy atom. The molecule has 0 spiro atoms. The van der Waals surface area contributed by atoms with Gasteiger partial charge in [-0.1, -0.05) is 58.7 Å². The second-order valence-corrected chi connectivity index (χ2v) is 6.63. The van der Waals surface area contributed by atoms with Gasteiger partial charge in [-0.25, -0.2) is 0 Å². The van der Waals surface area contributed by atoms with Crippen molar-refractivity contribution >= 4 is 27.5 Å². The fourth-order valence-corrected chi connectivity index (χ4v) is 3.31. The number of hydrogen-bond acceptors (Lipinski definition) is 1. The van der Waals surface area contributed by atoms with Crippen LogP contribution in [-0.2, 0) is 0 Å². The van der Waals surface area contributed by atoms with Crippen LogP contribution in [0.2, 0.25) is 5.02 Å². The Balaban J connectivity index is 2.59. The van der Waals surface area contributed by atoms with Crippen molar-refractivity contribution in [1.82, 2.24) is 5.32 Å². The predicted molar refractivity (Wildman–Crippen MR) is 95.3 cm³/mol. The monoisotopic (exact) mass is 365 g/mol. The summed E-state index contributed by atoms with van der Waals surface area (Å²) in [5.74, 6) is 0. The van der Waals surface area contributed by atoms with E-state index in [1.807, 2.05) is 0 Å². The number of nitrogens with one attached hydrogen (secondary N) is 1. The lowest BCUT2D eigenvalue weighted by Gasteiger charge is -2.23. The molecule has 21 heavy (non-hydrogen) atoms. The summed E-state index contributed by atoms with van der Waals surface area (Å²) in [4.78, 5) is 0. The molecular weight excluding hydrogens is 346 g/mol. The second kappa shape index (κ2) is 6.95. The fraction of sp³-hybridized carbons (Fsp3) is 0.333. The molecule has 0 saturated heterocycles. The minimum absolute atomic E-state index is 0.167. The van der Waals surface area contributed by atoms with Crippen molar-refractivity contribution in [3.8, 4) is 0 Å². The van der Waals surface area contributed by atoms with E-state index in [0.717, 1.165) is 17.1 Å². The van der Waals surface area contributed by atoms with Crippen molar-refractivity contribution in [2.45, 2.75) is 33.7 Å². The molecule has 0 amide bonds. The first-order chi connectivity index (χ1) is 9.95. The Morgan fingerprint density at radius 2 is 1.76 bits per heavy atom. The summed E-state index contributed by atoms with van der Waals surface area (Å²) < 4.78 is 1.17. The fourth-order valence-electron chi connectivity index (χ4n) is 2.60. The van der Waals surface area contributed by atoms with Crippen LogP contribution in [0, 0.1) is 20.8 Å². The largest absolute Gasteiger partial charge is 0.306 e. The van der Waals surface area contributed by atoms with Gasteiger partial charge in [-0.15, -0.1) is 0 Å². The van der Waals surface area contributed by atoms with Crippen molar-refractivity contribution in [3.63, 3.8) is 0 Å². The van der Waals surface area contributed by atoms with E-state index in [1.165, 1.54) is 26.7 Å². The Kier molecular flexibility index (Phi) is 5.48. The van der Waals surface area contributed by atoms with Crippen LogP contribution < -0.4 is 5.32 Å². The molecule has 1 nitrogen and oxygen atoms in total. The number of aryl methyl sites for hydroxylation is 3. The van der Waals surface area contributed by atoms with Crippen LogP contribution in [0.4, 0.5) is 0 Å². The summed E-state index contributed by atoms with van der Waals surface area (Å²) >= 11 is 9.98. The van der Waals surface area contributed by atoms with Crippen molar-refractivity contribution < 1.29 is 0 Å². The van der Waals surface area contributed by atoms with Crippen molar-refractivity contribution in [2.75, 3.05) is 6.54 Å². The maximum atomic E-state index is 6.24. The van der Waals surface area contributed by atoms with Crippen molar-refractivity contribution in [3.05, 3.63) is 67.6 Å². The van der Waals surface area contributed by atoms with Gasteiger partial charge in [-0.2, -0.15) is 0 Å². The molecule has 2 aromatic rings. The first-order valence-corrected chi connectivity index (χ1v) is 8.37. The van der Waals surface area contributed by atoms with Gasteiger partial charge in [0.15, 0.2) is 0 Å². The Morgan fingerprint density at radius 3 is 2.43 bits per heavy atom. The molecule has 0 heterocycles. The molecule has 0 aliphatic carbocycles. The van der Waals surface area contributed by atoms with E-state index in [9.17, 15) is 0 Å². The number of benzene rings is 2. The van der Waals surface area contributed by atoms with Crippen LogP contribution >= 0.6 is 27.5 Å². The van der Waals surface area contributed by atoms with Gasteiger partial charge in [0.25, 0.3) is 0 Å². The van der Waals surface area contributed by atoms with Gasteiger partial charge in [-0.3, -0.25) is 0 Å². The van der Waals surface area contributed by atoms with Gasteiger partial charge in [0.1, 0.15) is 0 Å². The van der Waals surface area contributed by atoms with Crippen LogP contribution in [-0.4, -0.2) is 6.54 Å². The average Bonchev–Trinajstić information content (AvgIpc) is 2.44. The third kappa shape index (κ3) is 3.50. The molecule has 112 valence electrons. The maximum absolute atomic E-state index is 6.24. The highest BCUT2D eigenvalue weighted by molar-refractivity contribution is 9.10. The van der Waals surface area contributed by atoms with E-state index in [1.54, 1.807) is 0 Å². The Hall–Kier alpha value is -0.830. The SMILES string of the molecule is CCNC(c1cc(C)c(Cl)cc1C)c1cccc(C)c1Br. The molecule has 0 aliphatic heterocycles. The lowest BCUT2D eigenvalue weighted by atomic mass is 9.92. The molecule has 1 atom stereocenters. The third-order valence-electron chi connectivity index (χ3n) is 3.80. The van der Waals surface area contributed by atoms with Crippen LogP contribution in [0.1, 0.15) is 40.8 Å². The van der Waals surface area contributed by atoms with Gasteiger partial charge in [0, 0.05) is 9.50 Å². The molecule has 0 radical (unpaired) electrons. The topological polar surface area (TPSA) is 12.0 Å². The third-order valence-corrected chi connectivity index (χ3v) is 5.29. The predicted octanol–water partition coefficient (Wildman–Crippen LogP) is 5.73. The quantitative estimate of drug-likeness (QED) is 0.729. The number of rotatable bonds is 4. The van der Waals surface area contributed by atoms with Gasteiger partial charge in [0.05, 0.1) is 6.04 Å². The van der Waals surface area contributed by atoms with Crippen LogP contribution in [0.5, 0.6) is 0 Å². The van der Waals surface area contributed by atoms with Gasteiger partial charge in [-0.05, 0) is 61.2 Å². The minimum atomic E-state index is 0.167. The van der Waals surface area contributed by atoms with Crippen molar-refractivity contribution in [1.29, 1.82) is 0 Å². The van der Waals surface area contributed by atoms with E-state index in [-0.39, 0.29) is 6.04 Å². The molecule has 1 N–H and O–H groups in total. The molecule has 0 aliphatic rings. The second-order valence-electron chi connectivity index (χ2n) is 5.43. The molecule has 3 heteroatoms. The molecule has 2 aromatic carbocycles. The van der Waals surface area contributed by atoms with Crippen LogP contribution in [0.15, 0.2) is 34.8 Å². The molecule has 1 unspecified atom stereocenters. The van der Waals surface area contributed by atoms with Crippen LogP contribution in [0.25, 0.3) is 0 Å². The van der Waals surface area contributed by atoms with E-state index < -0.39 is 0 Å². The van der Waals surface area contributed by atoms with E-state index >= 15 is 0 Å². The molecule has 0 saturated carbocycles. The summed E-state index contributed by atoms with van der Waals surface area (Å²) in [7, 11) is 0. The highest BCUT2D eigenvalue weighted by Crippen LogP contribution is 2.34. The zero-order valence-electron chi connectivity index (χ0n) is 12.9. The normalized spacial score (nSPS) is 12.5. The standard InChI is InChI=1S/C18H21BrClN/c1-5-21-18(14-8-6-7-11(2)17(14)19)15-9-13(4)16(20)10-12(15)3/h6-10,18,21H,5H2,1-4H3. The molecule has 2 rings (SSSR count). The highest BCUT2D eigenvalue weighted by Gasteiger charge is 2.19. The molecule has 0 fully saturated rings. The summed E-state index contributed by atoms with van der Waals surface area (Å²) in [5, 5.41) is 4.43.